The number of fused-ring (bicyclic) bond motifs is 2. The smallest absolute Gasteiger partial charge is 0.326 e. The van der Waals surface area contributed by atoms with E-state index >= 15 is 0 Å². The number of hydrogen-bond donors (Lipinski definition) is 3. The van der Waals surface area contributed by atoms with Gasteiger partial charge in [-0.05, 0) is 49.5 Å². The van der Waals surface area contributed by atoms with E-state index in [1.807, 2.05) is 6.26 Å². The van der Waals surface area contributed by atoms with Crippen molar-refractivity contribution in [2.75, 3.05) is 12.0 Å². The lowest BCUT2D eigenvalue weighted by Gasteiger charge is -2.28. The summed E-state index contributed by atoms with van der Waals surface area (Å²) >= 11 is 1.58. The van der Waals surface area contributed by atoms with E-state index < -0.39 is 12.0 Å². The Kier molecular flexibility index (Phi) is 4.73. The Morgan fingerprint density at radius 1 is 1.42 bits per heavy atom. The van der Waals surface area contributed by atoms with Crippen LogP contribution in [0.2, 0.25) is 0 Å². The molecule has 2 bridgehead atoms. The minimum Gasteiger partial charge on any atom is -0.480 e. The van der Waals surface area contributed by atoms with Crippen LogP contribution in [0.15, 0.2) is 0 Å². The fraction of sp³-hybridized carbons (Fsp3) is 0.846. The number of carbonyl (C=O) groups excluding carboxylic acids is 1. The molecule has 4 unspecified atom stereocenters. The summed E-state index contributed by atoms with van der Waals surface area (Å²) in [7, 11) is 0. The maximum atomic E-state index is 12.3. The van der Waals surface area contributed by atoms with Gasteiger partial charge in [0.15, 0.2) is 0 Å². The normalized spacial score (nSPS) is 34.2. The van der Waals surface area contributed by atoms with E-state index in [2.05, 4.69) is 5.32 Å². The lowest BCUT2D eigenvalue weighted by atomic mass is 9.84. The SMILES string of the molecule is CSCC[C@@H](NC(=O)C1C2CCC(C2)C1N)C(=O)O. The van der Waals surface area contributed by atoms with Gasteiger partial charge in [0.1, 0.15) is 6.04 Å². The van der Waals surface area contributed by atoms with Crippen molar-refractivity contribution in [1.82, 2.24) is 5.32 Å². The molecule has 2 saturated carbocycles. The molecular weight excluding hydrogens is 264 g/mol. The molecule has 0 aliphatic heterocycles. The number of aliphatic carboxylic acids is 1. The van der Waals surface area contributed by atoms with Crippen LogP contribution in [0.1, 0.15) is 25.7 Å². The van der Waals surface area contributed by atoms with E-state index in [0.29, 0.717) is 18.3 Å². The molecule has 0 aromatic heterocycles. The second kappa shape index (κ2) is 6.13. The van der Waals surface area contributed by atoms with Crippen molar-refractivity contribution in [2.45, 2.75) is 37.8 Å². The highest BCUT2D eigenvalue weighted by molar-refractivity contribution is 7.98. The molecule has 2 fully saturated rings. The standard InChI is InChI=1S/C13H22N2O3S/c1-19-5-4-9(13(17)18)15-12(16)10-7-2-3-8(6-7)11(10)14/h7-11H,2-6,14H2,1H3,(H,15,16)(H,17,18)/t7?,8?,9-,10?,11?/m1/s1. The van der Waals surface area contributed by atoms with Crippen LogP contribution in [0.5, 0.6) is 0 Å². The molecule has 5 nitrogen and oxygen atoms in total. The van der Waals surface area contributed by atoms with Crippen LogP contribution in [-0.2, 0) is 9.59 Å². The highest BCUT2D eigenvalue weighted by atomic mass is 32.2. The Bertz CT molecular complexity index is 362. The Morgan fingerprint density at radius 3 is 2.63 bits per heavy atom. The number of carboxylic acid groups (broad SMARTS) is 1. The molecule has 108 valence electrons. The summed E-state index contributed by atoms with van der Waals surface area (Å²) in [6.07, 6.45) is 5.58. The number of nitrogens with two attached hydrogens (primary N) is 1. The largest absolute Gasteiger partial charge is 0.480 e. The van der Waals surface area contributed by atoms with Gasteiger partial charge >= 0.3 is 5.97 Å². The quantitative estimate of drug-likeness (QED) is 0.668. The van der Waals surface area contributed by atoms with Crippen molar-refractivity contribution in [2.24, 2.45) is 23.5 Å². The van der Waals surface area contributed by atoms with Crippen LogP contribution in [0.4, 0.5) is 0 Å². The maximum Gasteiger partial charge on any atom is 0.326 e. The molecule has 0 spiro atoms. The summed E-state index contributed by atoms with van der Waals surface area (Å²) in [5.41, 5.74) is 6.10. The third kappa shape index (κ3) is 3.05. The van der Waals surface area contributed by atoms with Crippen molar-refractivity contribution < 1.29 is 14.7 Å². The first-order valence-electron chi connectivity index (χ1n) is 6.82. The van der Waals surface area contributed by atoms with E-state index in [1.165, 1.54) is 0 Å². The third-order valence-corrected chi connectivity index (χ3v) is 5.15. The summed E-state index contributed by atoms with van der Waals surface area (Å²) in [6.45, 7) is 0. The molecule has 0 saturated heterocycles. The molecule has 4 N–H and O–H groups in total. The second-order valence-electron chi connectivity index (χ2n) is 5.62. The molecule has 2 aliphatic rings. The van der Waals surface area contributed by atoms with Gasteiger partial charge in [-0.3, -0.25) is 4.79 Å². The molecule has 5 atom stereocenters. The highest BCUT2D eigenvalue weighted by Crippen LogP contribution is 2.47. The van der Waals surface area contributed by atoms with Gasteiger partial charge in [0.2, 0.25) is 5.91 Å². The van der Waals surface area contributed by atoms with Crippen molar-refractivity contribution in [3.8, 4) is 0 Å². The number of hydrogen-bond acceptors (Lipinski definition) is 4. The van der Waals surface area contributed by atoms with E-state index in [-0.39, 0.29) is 17.9 Å². The number of carbonyl (C=O) groups is 2. The molecule has 0 heterocycles. The van der Waals surface area contributed by atoms with Crippen LogP contribution < -0.4 is 11.1 Å². The molecule has 2 aliphatic carbocycles. The van der Waals surface area contributed by atoms with Crippen LogP contribution >= 0.6 is 11.8 Å². The topological polar surface area (TPSA) is 92.4 Å². The van der Waals surface area contributed by atoms with Crippen molar-refractivity contribution in [3.63, 3.8) is 0 Å². The van der Waals surface area contributed by atoms with E-state index in [1.54, 1.807) is 11.8 Å². The lowest BCUT2D eigenvalue weighted by Crippen LogP contribution is -2.50. The average Bonchev–Trinajstić information content (AvgIpc) is 2.94. The van der Waals surface area contributed by atoms with Gasteiger partial charge < -0.3 is 16.2 Å². The van der Waals surface area contributed by atoms with E-state index in [4.69, 9.17) is 10.8 Å². The molecular formula is C13H22N2O3S. The maximum absolute atomic E-state index is 12.3. The summed E-state index contributed by atoms with van der Waals surface area (Å²) in [6, 6.07) is -0.875. The third-order valence-electron chi connectivity index (χ3n) is 4.51. The summed E-state index contributed by atoms with van der Waals surface area (Å²) in [5.74, 6) is 0.229. The minimum absolute atomic E-state index is 0.0891. The molecule has 2 rings (SSSR count). The zero-order valence-corrected chi connectivity index (χ0v) is 12.0. The monoisotopic (exact) mass is 286 g/mol. The molecule has 19 heavy (non-hydrogen) atoms. The van der Waals surface area contributed by atoms with E-state index in [9.17, 15) is 9.59 Å². The van der Waals surface area contributed by atoms with Gasteiger partial charge in [-0.1, -0.05) is 0 Å². The Hall–Kier alpha value is -0.750. The molecule has 6 heteroatoms. The van der Waals surface area contributed by atoms with Crippen LogP contribution in [0.3, 0.4) is 0 Å². The van der Waals surface area contributed by atoms with Gasteiger partial charge in [-0.25, -0.2) is 4.79 Å². The molecule has 0 aromatic carbocycles. The van der Waals surface area contributed by atoms with Crippen LogP contribution in [0.25, 0.3) is 0 Å². The van der Waals surface area contributed by atoms with Gasteiger partial charge in [-0.2, -0.15) is 11.8 Å². The van der Waals surface area contributed by atoms with Crippen molar-refractivity contribution in [3.05, 3.63) is 0 Å². The second-order valence-corrected chi connectivity index (χ2v) is 6.60. The number of thioether (sulfide) groups is 1. The zero-order chi connectivity index (χ0) is 14.0. The average molecular weight is 286 g/mol. The minimum atomic E-state index is -0.959. The molecule has 0 aromatic rings. The van der Waals surface area contributed by atoms with Crippen LogP contribution in [-0.4, -0.2) is 41.1 Å². The predicted octanol–water partition coefficient (Wildman–Crippen LogP) is 0.682. The Balaban J connectivity index is 1.94. The van der Waals surface area contributed by atoms with Gasteiger partial charge in [0, 0.05) is 6.04 Å². The lowest BCUT2D eigenvalue weighted by molar-refractivity contribution is -0.143. The summed E-state index contributed by atoms with van der Waals surface area (Å²) in [5, 5.41) is 11.8. The number of nitrogens with one attached hydrogen (secondary N) is 1. The first-order chi connectivity index (χ1) is 9.04. The summed E-state index contributed by atoms with van der Waals surface area (Å²) < 4.78 is 0. The van der Waals surface area contributed by atoms with Gasteiger partial charge in [0.05, 0.1) is 5.92 Å². The number of carboxylic acids is 1. The fourth-order valence-electron chi connectivity index (χ4n) is 3.49. The number of amides is 1. The first kappa shape index (κ1) is 14.7. The van der Waals surface area contributed by atoms with Gasteiger partial charge in [-0.15, -0.1) is 0 Å². The Labute approximate surface area is 117 Å². The molecule has 0 radical (unpaired) electrons. The highest BCUT2D eigenvalue weighted by Gasteiger charge is 2.49. The first-order valence-corrected chi connectivity index (χ1v) is 8.21. The van der Waals surface area contributed by atoms with Gasteiger partial charge in [0.25, 0.3) is 0 Å². The summed E-state index contributed by atoms with van der Waals surface area (Å²) in [4.78, 5) is 23.4. The predicted molar refractivity (Wildman–Crippen MR) is 74.9 cm³/mol. The fourth-order valence-corrected chi connectivity index (χ4v) is 3.96. The number of rotatable bonds is 6. The Morgan fingerprint density at radius 2 is 2.11 bits per heavy atom. The van der Waals surface area contributed by atoms with E-state index in [0.717, 1.165) is 25.0 Å². The van der Waals surface area contributed by atoms with Crippen LogP contribution in [0, 0.1) is 17.8 Å². The zero-order valence-electron chi connectivity index (χ0n) is 11.2. The molecule has 1 amide bonds. The van der Waals surface area contributed by atoms with Crippen molar-refractivity contribution in [1.29, 1.82) is 0 Å². The van der Waals surface area contributed by atoms with Crippen molar-refractivity contribution >= 4 is 23.6 Å².